The summed E-state index contributed by atoms with van der Waals surface area (Å²) in [6.45, 7) is 4.21. The molecule has 0 unspecified atom stereocenters. The summed E-state index contributed by atoms with van der Waals surface area (Å²) in [5.74, 6) is -0.873. The molecule has 4 heteroatoms. The molecule has 4 nitrogen and oxygen atoms in total. The Hall–Kier alpha value is -1.81. The van der Waals surface area contributed by atoms with E-state index in [1.54, 1.807) is 13.2 Å². The van der Waals surface area contributed by atoms with Gasteiger partial charge < -0.3 is 14.7 Å². The molecule has 1 heterocycles. The highest BCUT2D eigenvalue weighted by Gasteiger charge is 2.18. The molecular weight excluding hydrogens is 242 g/mol. The van der Waals surface area contributed by atoms with E-state index in [9.17, 15) is 9.90 Å². The van der Waals surface area contributed by atoms with Crippen LogP contribution in [0.1, 0.15) is 22.3 Å². The number of ether oxygens (including phenoxy) is 1. The Morgan fingerprint density at radius 1 is 1.47 bits per heavy atom. The van der Waals surface area contributed by atoms with Gasteiger partial charge in [-0.15, -0.1) is 0 Å². The number of carbonyl (C=O) groups is 1. The van der Waals surface area contributed by atoms with Crippen LogP contribution in [-0.2, 0) is 4.74 Å². The fourth-order valence-electron chi connectivity index (χ4n) is 2.33. The number of aromatic carboxylic acids is 1. The average molecular weight is 261 g/mol. The smallest absolute Gasteiger partial charge is 0.337 e. The van der Waals surface area contributed by atoms with E-state index in [0.29, 0.717) is 12.2 Å². The Kier molecular flexibility index (Phi) is 4.22. The minimum atomic E-state index is -0.873. The SMILES string of the molecule is COCC1=CCN(c2cc(C)ccc2C(=O)O)CC1. The first kappa shape index (κ1) is 13.6. The molecular formula is C15H19NO3. The summed E-state index contributed by atoms with van der Waals surface area (Å²) < 4.78 is 5.12. The maximum Gasteiger partial charge on any atom is 0.337 e. The molecule has 1 N–H and O–H groups in total. The zero-order chi connectivity index (χ0) is 13.8. The molecule has 0 atom stereocenters. The predicted octanol–water partition coefficient (Wildman–Crippen LogP) is 2.48. The number of carboxylic acids is 1. The standard InChI is InChI=1S/C15H19NO3/c1-11-3-4-13(15(17)18)14(9-11)16-7-5-12(6-8-16)10-19-2/h3-5,9H,6-8,10H2,1-2H3,(H,17,18). The first-order valence-corrected chi connectivity index (χ1v) is 6.37. The molecule has 102 valence electrons. The third-order valence-electron chi connectivity index (χ3n) is 3.36. The van der Waals surface area contributed by atoms with Crippen LogP contribution in [0.25, 0.3) is 0 Å². The molecule has 0 saturated heterocycles. The summed E-state index contributed by atoms with van der Waals surface area (Å²) in [4.78, 5) is 13.4. The molecule has 19 heavy (non-hydrogen) atoms. The molecule has 0 fully saturated rings. The summed E-state index contributed by atoms with van der Waals surface area (Å²) in [6, 6.07) is 5.46. The van der Waals surface area contributed by atoms with Crippen molar-refractivity contribution in [2.75, 3.05) is 31.7 Å². The van der Waals surface area contributed by atoms with Crippen LogP contribution < -0.4 is 4.90 Å². The van der Waals surface area contributed by atoms with Gasteiger partial charge in [0.2, 0.25) is 0 Å². The molecule has 1 aromatic carbocycles. The lowest BCUT2D eigenvalue weighted by atomic mass is 10.0. The van der Waals surface area contributed by atoms with Crippen molar-refractivity contribution in [2.45, 2.75) is 13.3 Å². The van der Waals surface area contributed by atoms with Crippen molar-refractivity contribution in [3.8, 4) is 0 Å². The number of rotatable bonds is 4. The Bertz CT molecular complexity index is 508. The van der Waals surface area contributed by atoms with Crippen LogP contribution in [0.15, 0.2) is 29.8 Å². The van der Waals surface area contributed by atoms with Crippen LogP contribution in [0.4, 0.5) is 5.69 Å². The van der Waals surface area contributed by atoms with Crippen LogP contribution in [0.3, 0.4) is 0 Å². The van der Waals surface area contributed by atoms with Crippen molar-refractivity contribution in [2.24, 2.45) is 0 Å². The van der Waals surface area contributed by atoms with E-state index in [2.05, 4.69) is 11.0 Å². The van der Waals surface area contributed by atoms with Crippen LogP contribution in [0, 0.1) is 6.92 Å². The van der Waals surface area contributed by atoms with Gasteiger partial charge in [0.1, 0.15) is 0 Å². The van der Waals surface area contributed by atoms with Crippen molar-refractivity contribution in [1.29, 1.82) is 0 Å². The summed E-state index contributed by atoms with van der Waals surface area (Å²) in [5, 5.41) is 9.26. The molecule has 0 spiro atoms. The summed E-state index contributed by atoms with van der Waals surface area (Å²) >= 11 is 0. The average Bonchev–Trinajstić information content (AvgIpc) is 2.39. The van der Waals surface area contributed by atoms with Crippen molar-refractivity contribution >= 4 is 11.7 Å². The summed E-state index contributed by atoms with van der Waals surface area (Å²) in [6.07, 6.45) is 3.04. The number of nitrogens with zero attached hydrogens (tertiary/aromatic N) is 1. The highest BCUT2D eigenvalue weighted by Crippen LogP contribution is 2.25. The van der Waals surface area contributed by atoms with E-state index in [1.165, 1.54) is 5.57 Å². The Labute approximate surface area is 113 Å². The van der Waals surface area contributed by atoms with E-state index in [1.807, 2.05) is 19.1 Å². The van der Waals surface area contributed by atoms with Crippen LogP contribution >= 0.6 is 0 Å². The second-order valence-electron chi connectivity index (χ2n) is 4.82. The Morgan fingerprint density at radius 3 is 2.84 bits per heavy atom. The first-order chi connectivity index (χ1) is 9.11. The normalized spacial score (nSPS) is 15.3. The largest absolute Gasteiger partial charge is 0.478 e. The lowest BCUT2D eigenvalue weighted by Gasteiger charge is -2.29. The van der Waals surface area contributed by atoms with Crippen molar-refractivity contribution in [3.05, 3.63) is 41.0 Å². The van der Waals surface area contributed by atoms with Crippen LogP contribution in [0.5, 0.6) is 0 Å². The van der Waals surface area contributed by atoms with Crippen molar-refractivity contribution in [1.82, 2.24) is 0 Å². The zero-order valence-electron chi connectivity index (χ0n) is 11.3. The first-order valence-electron chi connectivity index (χ1n) is 6.37. The molecule has 0 saturated carbocycles. The lowest BCUT2D eigenvalue weighted by molar-refractivity contribution is 0.0697. The van der Waals surface area contributed by atoms with Gasteiger partial charge in [-0.25, -0.2) is 4.79 Å². The van der Waals surface area contributed by atoms with Crippen molar-refractivity contribution in [3.63, 3.8) is 0 Å². The Balaban J connectivity index is 2.23. The van der Waals surface area contributed by atoms with Crippen LogP contribution in [0.2, 0.25) is 0 Å². The van der Waals surface area contributed by atoms with Gasteiger partial charge in [-0.05, 0) is 36.6 Å². The maximum absolute atomic E-state index is 11.3. The van der Waals surface area contributed by atoms with Gasteiger partial charge >= 0.3 is 5.97 Å². The fourth-order valence-corrected chi connectivity index (χ4v) is 2.33. The molecule has 0 aromatic heterocycles. The number of carboxylic acid groups (broad SMARTS) is 1. The third-order valence-corrected chi connectivity index (χ3v) is 3.36. The zero-order valence-corrected chi connectivity index (χ0v) is 11.3. The number of hydrogen-bond donors (Lipinski definition) is 1. The molecule has 1 aromatic rings. The van der Waals surface area contributed by atoms with Gasteiger partial charge in [-0.3, -0.25) is 0 Å². The van der Waals surface area contributed by atoms with Gasteiger partial charge in [-0.2, -0.15) is 0 Å². The minimum Gasteiger partial charge on any atom is -0.478 e. The van der Waals surface area contributed by atoms with Crippen molar-refractivity contribution < 1.29 is 14.6 Å². The summed E-state index contributed by atoms with van der Waals surface area (Å²) in [5.41, 5.74) is 3.53. The van der Waals surface area contributed by atoms with Gasteiger partial charge in [0, 0.05) is 20.2 Å². The third kappa shape index (κ3) is 3.15. The highest BCUT2D eigenvalue weighted by atomic mass is 16.5. The van der Waals surface area contributed by atoms with Crippen LogP contribution in [-0.4, -0.2) is 37.9 Å². The lowest BCUT2D eigenvalue weighted by Crippen LogP contribution is -2.30. The number of anilines is 1. The fraction of sp³-hybridized carbons (Fsp3) is 0.400. The Morgan fingerprint density at radius 2 is 2.26 bits per heavy atom. The predicted molar refractivity (Wildman–Crippen MR) is 74.9 cm³/mol. The number of methoxy groups -OCH3 is 1. The summed E-state index contributed by atoms with van der Waals surface area (Å²) in [7, 11) is 1.69. The van der Waals surface area contributed by atoms with E-state index >= 15 is 0 Å². The maximum atomic E-state index is 11.3. The highest BCUT2D eigenvalue weighted by molar-refractivity contribution is 5.94. The number of hydrogen-bond acceptors (Lipinski definition) is 3. The van der Waals surface area contributed by atoms with Gasteiger partial charge in [0.05, 0.1) is 17.9 Å². The van der Waals surface area contributed by atoms with E-state index in [0.717, 1.165) is 30.8 Å². The van der Waals surface area contributed by atoms with E-state index < -0.39 is 5.97 Å². The molecule has 0 radical (unpaired) electrons. The number of benzene rings is 1. The molecule has 0 bridgehead atoms. The topological polar surface area (TPSA) is 49.8 Å². The molecule has 0 aliphatic carbocycles. The molecule has 1 aliphatic heterocycles. The minimum absolute atomic E-state index is 0.370. The van der Waals surface area contributed by atoms with Gasteiger partial charge in [-0.1, -0.05) is 12.1 Å². The van der Waals surface area contributed by atoms with E-state index in [-0.39, 0.29) is 0 Å². The monoisotopic (exact) mass is 261 g/mol. The number of aryl methyl sites for hydroxylation is 1. The van der Waals surface area contributed by atoms with Gasteiger partial charge in [0.15, 0.2) is 0 Å². The second-order valence-corrected chi connectivity index (χ2v) is 4.82. The second kappa shape index (κ2) is 5.89. The molecule has 0 amide bonds. The quantitative estimate of drug-likeness (QED) is 0.846. The van der Waals surface area contributed by atoms with Gasteiger partial charge in [0.25, 0.3) is 0 Å². The molecule has 2 rings (SSSR count). The van der Waals surface area contributed by atoms with E-state index in [4.69, 9.17) is 4.74 Å². The molecule has 1 aliphatic rings.